The Hall–Kier alpha value is -3.22. The number of nitrogens with two attached hydrogens (primary N) is 1. The van der Waals surface area contributed by atoms with Gasteiger partial charge >= 0.3 is 0 Å². The molecule has 1 unspecified atom stereocenters. The normalized spacial score (nSPS) is 13.2. The van der Waals surface area contributed by atoms with Crippen molar-refractivity contribution in [2.75, 3.05) is 0 Å². The van der Waals surface area contributed by atoms with E-state index in [2.05, 4.69) is 14.9 Å². The number of nitrogens with zero attached hydrogens (tertiary/aromatic N) is 3. The zero-order chi connectivity index (χ0) is 18.2. The molecule has 126 valence electrons. The van der Waals surface area contributed by atoms with Crippen LogP contribution in [0, 0.1) is 18.3 Å². The molecule has 1 aromatic carbocycles. The van der Waals surface area contributed by atoms with Crippen molar-refractivity contribution < 1.29 is 4.21 Å². The lowest BCUT2D eigenvalue weighted by atomic mass is 10.1. The van der Waals surface area contributed by atoms with Crippen LogP contribution in [0.2, 0.25) is 0 Å². The van der Waals surface area contributed by atoms with Gasteiger partial charge < -0.3 is 0 Å². The first kappa shape index (κ1) is 16.6. The van der Waals surface area contributed by atoms with Gasteiger partial charge in [0.15, 0.2) is 11.5 Å². The quantitative estimate of drug-likeness (QED) is 0.626. The molecule has 0 aliphatic rings. The Kier molecular flexibility index (Phi) is 4.00. The van der Waals surface area contributed by atoms with E-state index in [0.29, 0.717) is 28.3 Å². The van der Waals surface area contributed by atoms with Crippen LogP contribution < -0.4 is 10.7 Å². The lowest BCUT2D eigenvalue weighted by Crippen LogP contribution is -2.17. The number of aryl methyl sites for hydroxylation is 1. The molecular weight excluding hydrogens is 340 g/mol. The molecule has 3 aromatic rings. The monoisotopic (exact) mass is 354 g/mol. The van der Waals surface area contributed by atoms with Crippen LogP contribution in [0.15, 0.2) is 52.3 Å². The van der Waals surface area contributed by atoms with Gasteiger partial charge in [-0.1, -0.05) is 24.3 Å². The molecule has 0 bridgehead atoms. The second-order valence-electron chi connectivity index (χ2n) is 5.36. The summed E-state index contributed by atoms with van der Waals surface area (Å²) in [5, 5.41) is 8.21. The second-order valence-corrected chi connectivity index (χ2v) is 7.04. The molecule has 0 spiro atoms. The fourth-order valence-corrected chi connectivity index (χ4v) is 2.91. The maximum Gasteiger partial charge on any atom is 0.280 e. The van der Waals surface area contributed by atoms with Crippen molar-refractivity contribution in [1.82, 2.24) is 14.8 Å². The molecule has 0 aliphatic carbocycles. The van der Waals surface area contributed by atoms with Crippen molar-refractivity contribution in [1.29, 1.82) is 4.78 Å². The Balaban J connectivity index is 2.08. The van der Waals surface area contributed by atoms with Crippen LogP contribution in [-0.4, -0.2) is 19.0 Å². The van der Waals surface area contributed by atoms with Gasteiger partial charge in [-0.05, 0) is 24.6 Å². The van der Waals surface area contributed by atoms with Crippen LogP contribution in [0.5, 0.6) is 0 Å². The van der Waals surface area contributed by atoms with Crippen molar-refractivity contribution >= 4 is 15.6 Å². The SMILES string of the molecule is [C-]#[N+]c1ccc(-c2c(C)[nH]n(-c3ccc(S(=N)(N)=O)cn3)c2=O)cc1. The summed E-state index contributed by atoms with van der Waals surface area (Å²) in [7, 11) is -3.35. The highest BCUT2D eigenvalue weighted by Crippen LogP contribution is 2.22. The number of aromatic nitrogens is 3. The summed E-state index contributed by atoms with van der Waals surface area (Å²) < 4.78 is 20.1. The minimum atomic E-state index is -3.35. The first-order valence-electron chi connectivity index (χ1n) is 7.14. The van der Waals surface area contributed by atoms with Crippen molar-refractivity contribution in [2.45, 2.75) is 11.8 Å². The van der Waals surface area contributed by atoms with E-state index in [9.17, 15) is 9.00 Å². The largest absolute Gasteiger partial charge is 0.293 e. The number of nitrogens with one attached hydrogen (secondary N) is 2. The Bertz CT molecular complexity index is 1130. The summed E-state index contributed by atoms with van der Waals surface area (Å²) in [4.78, 5) is 20.2. The zero-order valence-electron chi connectivity index (χ0n) is 13.2. The van der Waals surface area contributed by atoms with E-state index in [1.165, 1.54) is 23.0 Å². The fraction of sp³-hybridized carbons (Fsp3) is 0.0625. The van der Waals surface area contributed by atoms with Gasteiger partial charge in [0.05, 0.1) is 17.0 Å². The van der Waals surface area contributed by atoms with Crippen LogP contribution in [0.1, 0.15) is 5.69 Å². The summed E-state index contributed by atoms with van der Waals surface area (Å²) in [5.41, 5.74) is 2.01. The third-order valence-corrected chi connectivity index (χ3v) is 4.60. The molecule has 0 fully saturated rings. The lowest BCUT2D eigenvalue weighted by Gasteiger charge is -2.03. The highest BCUT2D eigenvalue weighted by molar-refractivity contribution is 7.90. The van der Waals surface area contributed by atoms with E-state index < -0.39 is 9.92 Å². The maximum atomic E-state index is 12.7. The highest BCUT2D eigenvalue weighted by Gasteiger charge is 2.15. The highest BCUT2D eigenvalue weighted by atomic mass is 32.2. The van der Waals surface area contributed by atoms with Crippen molar-refractivity contribution in [3.8, 4) is 16.9 Å². The van der Waals surface area contributed by atoms with E-state index in [1.54, 1.807) is 31.2 Å². The number of rotatable bonds is 3. The molecule has 3 rings (SSSR count). The van der Waals surface area contributed by atoms with E-state index in [0.717, 1.165) is 0 Å². The molecule has 8 nitrogen and oxygen atoms in total. The molecule has 0 aliphatic heterocycles. The fourth-order valence-electron chi connectivity index (χ4n) is 2.43. The summed E-state index contributed by atoms with van der Waals surface area (Å²) in [6.45, 7) is 8.75. The van der Waals surface area contributed by atoms with Gasteiger partial charge in [-0.25, -0.2) is 28.6 Å². The Labute approximate surface area is 143 Å². The second kappa shape index (κ2) is 6.01. The summed E-state index contributed by atoms with van der Waals surface area (Å²) >= 11 is 0. The summed E-state index contributed by atoms with van der Waals surface area (Å²) in [6, 6.07) is 9.62. The topological polar surface area (TPSA) is 122 Å². The molecule has 1 atom stereocenters. The maximum absolute atomic E-state index is 12.7. The lowest BCUT2D eigenvalue weighted by molar-refractivity contribution is 0.675. The molecule has 0 radical (unpaired) electrons. The molecule has 4 N–H and O–H groups in total. The van der Waals surface area contributed by atoms with Gasteiger partial charge in [0.1, 0.15) is 9.92 Å². The average Bonchev–Trinajstić information content (AvgIpc) is 2.89. The van der Waals surface area contributed by atoms with Gasteiger partial charge in [0.2, 0.25) is 0 Å². The van der Waals surface area contributed by atoms with Crippen LogP contribution in [0.25, 0.3) is 21.8 Å². The predicted octanol–water partition coefficient (Wildman–Crippen LogP) is 2.37. The van der Waals surface area contributed by atoms with Gasteiger partial charge in [0.25, 0.3) is 5.56 Å². The first-order valence-corrected chi connectivity index (χ1v) is 8.76. The molecule has 0 saturated heterocycles. The smallest absolute Gasteiger partial charge is 0.280 e. The van der Waals surface area contributed by atoms with Crippen LogP contribution in [0.4, 0.5) is 5.69 Å². The molecular formula is C16H14N6O2S. The minimum absolute atomic E-state index is 0.0857. The molecule has 2 aromatic heterocycles. The Morgan fingerprint density at radius 3 is 2.48 bits per heavy atom. The minimum Gasteiger partial charge on any atom is -0.293 e. The number of hydrogen-bond donors (Lipinski definition) is 3. The van der Waals surface area contributed by atoms with Gasteiger partial charge in [0, 0.05) is 11.9 Å². The van der Waals surface area contributed by atoms with E-state index in [4.69, 9.17) is 16.5 Å². The van der Waals surface area contributed by atoms with E-state index in [-0.39, 0.29) is 10.5 Å². The number of H-pyrrole nitrogens is 1. The number of benzene rings is 1. The van der Waals surface area contributed by atoms with Crippen LogP contribution >= 0.6 is 0 Å². The predicted molar refractivity (Wildman–Crippen MR) is 93.9 cm³/mol. The molecule has 2 heterocycles. The summed E-state index contributed by atoms with van der Waals surface area (Å²) in [6.07, 6.45) is 1.22. The van der Waals surface area contributed by atoms with Crippen molar-refractivity contribution in [2.24, 2.45) is 5.14 Å². The molecule has 0 amide bonds. The Morgan fingerprint density at radius 1 is 1.28 bits per heavy atom. The average molecular weight is 354 g/mol. The number of pyridine rings is 1. The first-order chi connectivity index (χ1) is 11.8. The molecule has 9 heteroatoms. The number of hydrogen-bond acceptors (Lipinski definition) is 4. The standard InChI is InChI=1S/C16H14N6O2S/c1-10-15(11-3-5-12(19-2)6-4-11)16(23)22(21-10)14-8-7-13(9-20-14)25(17,18)24/h3-9,21H,1H3,(H3,17,18,24). The summed E-state index contributed by atoms with van der Waals surface area (Å²) in [5.74, 6) is 0.296. The molecule has 25 heavy (non-hydrogen) atoms. The van der Waals surface area contributed by atoms with Crippen LogP contribution in [-0.2, 0) is 9.92 Å². The van der Waals surface area contributed by atoms with Crippen molar-refractivity contribution in [3.63, 3.8) is 0 Å². The van der Waals surface area contributed by atoms with Gasteiger partial charge in [-0.2, -0.15) is 0 Å². The molecule has 0 saturated carbocycles. The zero-order valence-corrected chi connectivity index (χ0v) is 14.0. The van der Waals surface area contributed by atoms with Gasteiger partial charge in [-0.15, -0.1) is 0 Å². The Morgan fingerprint density at radius 2 is 1.96 bits per heavy atom. The third kappa shape index (κ3) is 3.08. The van der Waals surface area contributed by atoms with Gasteiger partial charge in [-0.3, -0.25) is 9.89 Å². The van der Waals surface area contributed by atoms with E-state index >= 15 is 0 Å². The van der Waals surface area contributed by atoms with Crippen LogP contribution in [0.3, 0.4) is 0 Å². The number of aromatic amines is 1. The third-order valence-electron chi connectivity index (χ3n) is 3.66. The van der Waals surface area contributed by atoms with Crippen molar-refractivity contribution in [3.05, 3.63) is 70.1 Å². The van der Waals surface area contributed by atoms with E-state index in [1.807, 2.05) is 0 Å².